The quantitative estimate of drug-likeness (QED) is 0.677. The standard InChI is InChI=1S/C15H13NO2S/c1-2-18-15(17)13-12(11-6-4-3-5-7-11)10-16-8-9-19-14(13)16/h3-10H,2H2,1H3. The smallest absolute Gasteiger partial charge is 0.341 e. The fourth-order valence-electron chi connectivity index (χ4n) is 2.13. The first-order valence-corrected chi connectivity index (χ1v) is 7.00. The molecule has 0 saturated heterocycles. The lowest BCUT2D eigenvalue weighted by molar-refractivity contribution is 0.0530. The number of thiazole rings is 1. The molecule has 0 saturated carbocycles. The third-order valence-corrected chi connectivity index (χ3v) is 3.85. The summed E-state index contributed by atoms with van der Waals surface area (Å²) in [7, 11) is 0. The summed E-state index contributed by atoms with van der Waals surface area (Å²) in [6.45, 7) is 2.21. The molecule has 0 atom stereocenters. The fourth-order valence-corrected chi connectivity index (χ4v) is 3.00. The van der Waals surface area contributed by atoms with Crippen LogP contribution in [0.1, 0.15) is 17.3 Å². The van der Waals surface area contributed by atoms with Crippen molar-refractivity contribution >= 4 is 22.1 Å². The Labute approximate surface area is 115 Å². The van der Waals surface area contributed by atoms with Gasteiger partial charge in [-0.3, -0.25) is 0 Å². The number of hydrogen-bond acceptors (Lipinski definition) is 3. The van der Waals surface area contributed by atoms with Crippen molar-refractivity contribution in [3.8, 4) is 11.1 Å². The lowest BCUT2D eigenvalue weighted by Crippen LogP contribution is -2.04. The van der Waals surface area contributed by atoms with Crippen LogP contribution < -0.4 is 0 Å². The Bertz CT molecular complexity index is 712. The van der Waals surface area contributed by atoms with Crippen LogP contribution in [0.3, 0.4) is 0 Å². The molecule has 0 aliphatic heterocycles. The molecular formula is C15H13NO2S. The molecule has 96 valence electrons. The number of aromatic nitrogens is 1. The van der Waals surface area contributed by atoms with E-state index in [9.17, 15) is 4.79 Å². The minimum atomic E-state index is -0.258. The molecule has 0 aliphatic rings. The minimum Gasteiger partial charge on any atom is -0.462 e. The van der Waals surface area contributed by atoms with E-state index < -0.39 is 0 Å². The first kappa shape index (κ1) is 12.0. The summed E-state index contributed by atoms with van der Waals surface area (Å²) in [6.07, 6.45) is 3.93. The van der Waals surface area contributed by atoms with Crippen LogP contribution in [0, 0.1) is 0 Å². The molecule has 0 bridgehead atoms. The highest BCUT2D eigenvalue weighted by Gasteiger charge is 2.20. The molecule has 3 aromatic rings. The third kappa shape index (κ3) is 2.04. The molecule has 0 fully saturated rings. The van der Waals surface area contributed by atoms with Gasteiger partial charge in [-0.25, -0.2) is 4.79 Å². The maximum absolute atomic E-state index is 12.2. The number of fused-ring (bicyclic) bond motifs is 1. The highest BCUT2D eigenvalue weighted by atomic mass is 32.1. The molecule has 19 heavy (non-hydrogen) atoms. The van der Waals surface area contributed by atoms with Crippen LogP contribution in [0.4, 0.5) is 0 Å². The Balaban J connectivity index is 2.21. The molecular weight excluding hydrogens is 258 g/mol. The Kier molecular flexibility index (Phi) is 3.09. The van der Waals surface area contributed by atoms with Crippen molar-refractivity contribution in [3.05, 3.63) is 53.7 Å². The number of carbonyl (C=O) groups excluding carboxylic acids is 1. The normalized spacial score (nSPS) is 10.8. The van der Waals surface area contributed by atoms with Crippen LogP contribution in [0.5, 0.6) is 0 Å². The Morgan fingerprint density at radius 3 is 2.84 bits per heavy atom. The molecule has 4 heteroatoms. The summed E-state index contributed by atoms with van der Waals surface area (Å²) in [5, 5.41) is 1.97. The maximum atomic E-state index is 12.2. The van der Waals surface area contributed by atoms with Crippen molar-refractivity contribution in [1.82, 2.24) is 4.40 Å². The fraction of sp³-hybridized carbons (Fsp3) is 0.133. The van der Waals surface area contributed by atoms with E-state index in [2.05, 4.69) is 0 Å². The minimum absolute atomic E-state index is 0.258. The van der Waals surface area contributed by atoms with Crippen molar-refractivity contribution in [2.24, 2.45) is 0 Å². The summed E-state index contributed by atoms with van der Waals surface area (Å²) >= 11 is 1.55. The molecule has 0 unspecified atom stereocenters. The topological polar surface area (TPSA) is 30.7 Å². The van der Waals surface area contributed by atoms with Crippen molar-refractivity contribution in [3.63, 3.8) is 0 Å². The van der Waals surface area contributed by atoms with Crippen molar-refractivity contribution in [1.29, 1.82) is 0 Å². The molecule has 0 amide bonds. The second kappa shape index (κ2) is 4.90. The number of carbonyl (C=O) groups is 1. The van der Waals surface area contributed by atoms with Gasteiger partial charge in [0.15, 0.2) is 0 Å². The summed E-state index contributed by atoms with van der Waals surface area (Å²) in [5.41, 5.74) is 2.61. The van der Waals surface area contributed by atoms with Crippen LogP contribution in [0.15, 0.2) is 48.1 Å². The predicted molar refractivity (Wildman–Crippen MR) is 76.7 cm³/mol. The second-order valence-corrected chi connectivity index (χ2v) is 5.01. The van der Waals surface area contributed by atoms with Gasteiger partial charge in [-0.2, -0.15) is 0 Å². The largest absolute Gasteiger partial charge is 0.462 e. The Hall–Kier alpha value is -2.07. The summed E-state index contributed by atoms with van der Waals surface area (Å²) in [5.74, 6) is -0.258. The molecule has 3 nitrogen and oxygen atoms in total. The molecule has 2 aromatic heterocycles. The molecule has 1 aromatic carbocycles. The highest BCUT2D eigenvalue weighted by molar-refractivity contribution is 7.16. The molecule has 0 radical (unpaired) electrons. The van der Waals surface area contributed by atoms with Crippen LogP contribution in [-0.2, 0) is 4.74 Å². The first-order valence-electron chi connectivity index (χ1n) is 6.12. The van der Waals surface area contributed by atoms with Crippen LogP contribution in [0.25, 0.3) is 16.0 Å². The number of benzene rings is 1. The summed E-state index contributed by atoms with van der Waals surface area (Å²) in [6, 6.07) is 9.91. The number of rotatable bonds is 3. The van der Waals surface area contributed by atoms with Crippen LogP contribution >= 0.6 is 11.3 Å². The lowest BCUT2D eigenvalue weighted by Gasteiger charge is -2.04. The zero-order valence-corrected chi connectivity index (χ0v) is 11.3. The van der Waals surface area contributed by atoms with Gasteiger partial charge in [0.2, 0.25) is 0 Å². The van der Waals surface area contributed by atoms with E-state index in [0.717, 1.165) is 16.0 Å². The van der Waals surface area contributed by atoms with Gasteiger partial charge in [0.1, 0.15) is 10.4 Å². The molecule has 2 heterocycles. The summed E-state index contributed by atoms with van der Waals surface area (Å²) < 4.78 is 7.15. The number of hydrogen-bond donors (Lipinski definition) is 0. The molecule has 3 rings (SSSR count). The van der Waals surface area contributed by atoms with Gasteiger partial charge in [-0.05, 0) is 12.5 Å². The number of esters is 1. The zero-order valence-electron chi connectivity index (χ0n) is 10.5. The monoisotopic (exact) mass is 271 g/mol. The maximum Gasteiger partial charge on any atom is 0.341 e. The zero-order chi connectivity index (χ0) is 13.2. The highest BCUT2D eigenvalue weighted by Crippen LogP contribution is 2.31. The van der Waals surface area contributed by atoms with E-state index >= 15 is 0 Å². The molecule has 0 N–H and O–H groups in total. The number of nitrogens with zero attached hydrogens (tertiary/aromatic N) is 1. The molecule has 0 spiro atoms. The van der Waals surface area contributed by atoms with Gasteiger partial charge >= 0.3 is 5.97 Å². The van der Waals surface area contributed by atoms with Gasteiger partial charge in [-0.15, -0.1) is 11.3 Å². The molecule has 0 aliphatic carbocycles. The SMILES string of the molecule is CCOC(=O)c1c(-c2ccccc2)cn2ccsc12. The Morgan fingerprint density at radius 1 is 1.32 bits per heavy atom. The van der Waals surface area contributed by atoms with Gasteiger partial charge in [0, 0.05) is 23.3 Å². The lowest BCUT2D eigenvalue weighted by atomic mass is 10.1. The van der Waals surface area contributed by atoms with Gasteiger partial charge < -0.3 is 9.14 Å². The average Bonchev–Trinajstić information content (AvgIpc) is 2.99. The summed E-state index contributed by atoms with van der Waals surface area (Å²) in [4.78, 5) is 13.1. The van der Waals surface area contributed by atoms with Crippen molar-refractivity contribution in [2.45, 2.75) is 6.92 Å². The van der Waals surface area contributed by atoms with Crippen molar-refractivity contribution < 1.29 is 9.53 Å². The third-order valence-electron chi connectivity index (χ3n) is 2.95. The van der Waals surface area contributed by atoms with Crippen LogP contribution in [0.2, 0.25) is 0 Å². The Morgan fingerprint density at radius 2 is 2.11 bits per heavy atom. The predicted octanol–water partition coefficient (Wildman–Crippen LogP) is 3.84. The van der Waals surface area contributed by atoms with E-state index in [-0.39, 0.29) is 5.97 Å². The van der Waals surface area contributed by atoms with E-state index in [0.29, 0.717) is 12.2 Å². The van der Waals surface area contributed by atoms with Gasteiger partial charge in [0.05, 0.1) is 6.61 Å². The van der Waals surface area contributed by atoms with E-state index in [1.165, 1.54) is 0 Å². The van der Waals surface area contributed by atoms with Crippen LogP contribution in [-0.4, -0.2) is 17.0 Å². The van der Waals surface area contributed by atoms with Gasteiger partial charge in [-0.1, -0.05) is 30.3 Å². The number of ether oxygens (including phenoxy) is 1. The second-order valence-electron chi connectivity index (χ2n) is 4.12. The van der Waals surface area contributed by atoms with Crippen molar-refractivity contribution in [2.75, 3.05) is 6.61 Å². The van der Waals surface area contributed by atoms with E-state index in [1.54, 1.807) is 11.3 Å². The van der Waals surface area contributed by atoms with E-state index in [4.69, 9.17) is 4.74 Å². The van der Waals surface area contributed by atoms with E-state index in [1.807, 2.05) is 59.4 Å². The first-order chi connectivity index (χ1) is 9.31. The van der Waals surface area contributed by atoms with Gasteiger partial charge in [0.25, 0.3) is 0 Å². The average molecular weight is 271 g/mol.